The zero-order chi connectivity index (χ0) is 23.9. The summed E-state index contributed by atoms with van der Waals surface area (Å²) in [6.45, 7) is 8.35. The molecule has 3 rings (SSSR count). The third-order valence-electron chi connectivity index (χ3n) is 5.75. The van der Waals surface area contributed by atoms with Crippen molar-refractivity contribution in [3.8, 4) is 0 Å². The molecular weight excluding hydrogens is 424 g/mol. The van der Waals surface area contributed by atoms with Gasteiger partial charge in [0.1, 0.15) is 29.6 Å². The maximum atomic E-state index is 13.0. The number of ether oxygens (including phenoxy) is 4. The van der Waals surface area contributed by atoms with Gasteiger partial charge in [-0.1, -0.05) is 11.2 Å². The van der Waals surface area contributed by atoms with E-state index in [1.807, 2.05) is 0 Å². The van der Waals surface area contributed by atoms with Gasteiger partial charge in [0, 0.05) is 4.91 Å². The highest BCUT2D eigenvalue weighted by molar-refractivity contribution is 5.70. The zero-order valence-electron chi connectivity index (χ0n) is 18.9. The SMILES string of the molecule is CC(C)(C)OC(=O)N1[C@@H]([C@H]2CC=C[C@@]3(O[C@H](CO)[C@H](O)[C@H](O)[C@H]3N=[N+]=[N-])O2)COC1(C)C. The van der Waals surface area contributed by atoms with Crippen LogP contribution in [0.3, 0.4) is 0 Å². The molecule has 0 radical (unpaired) electrons. The summed E-state index contributed by atoms with van der Waals surface area (Å²) in [7, 11) is 0. The van der Waals surface area contributed by atoms with E-state index in [2.05, 4.69) is 10.0 Å². The second kappa shape index (κ2) is 8.79. The molecule has 0 bridgehead atoms. The highest BCUT2D eigenvalue weighted by Gasteiger charge is 2.57. The van der Waals surface area contributed by atoms with Crippen LogP contribution in [0.5, 0.6) is 0 Å². The van der Waals surface area contributed by atoms with Gasteiger partial charge in [0.25, 0.3) is 0 Å². The largest absolute Gasteiger partial charge is 0.444 e. The van der Waals surface area contributed by atoms with Gasteiger partial charge in [-0.25, -0.2) is 4.79 Å². The second-order valence-electron chi connectivity index (χ2n) is 9.66. The summed E-state index contributed by atoms with van der Waals surface area (Å²) in [5.41, 5.74) is 7.33. The van der Waals surface area contributed by atoms with Gasteiger partial charge < -0.3 is 34.3 Å². The molecule has 7 atom stereocenters. The molecule has 3 aliphatic heterocycles. The minimum absolute atomic E-state index is 0.154. The highest BCUT2D eigenvalue weighted by Crippen LogP contribution is 2.41. The van der Waals surface area contributed by atoms with Crippen molar-refractivity contribution in [1.29, 1.82) is 0 Å². The van der Waals surface area contributed by atoms with E-state index >= 15 is 0 Å². The lowest BCUT2D eigenvalue weighted by molar-refractivity contribution is -0.327. The van der Waals surface area contributed by atoms with Crippen LogP contribution < -0.4 is 0 Å². The number of azide groups is 1. The molecule has 0 aromatic carbocycles. The third kappa shape index (κ3) is 4.58. The molecule has 0 aromatic heterocycles. The van der Waals surface area contributed by atoms with Gasteiger partial charge in [-0.15, -0.1) is 0 Å². The van der Waals surface area contributed by atoms with Crippen LogP contribution >= 0.6 is 0 Å². The molecule has 0 aromatic rings. The normalized spacial score (nSPS) is 39.1. The van der Waals surface area contributed by atoms with Crippen molar-refractivity contribution in [2.75, 3.05) is 13.2 Å². The lowest BCUT2D eigenvalue weighted by Crippen LogP contribution is -2.67. The van der Waals surface area contributed by atoms with Crippen molar-refractivity contribution in [2.45, 2.75) is 94.7 Å². The van der Waals surface area contributed by atoms with E-state index < -0.39 is 66.3 Å². The number of amides is 1. The Morgan fingerprint density at radius 1 is 1.31 bits per heavy atom. The van der Waals surface area contributed by atoms with E-state index in [0.29, 0.717) is 6.42 Å². The molecule has 180 valence electrons. The molecule has 12 nitrogen and oxygen atoms in total. The van der Waals surface area contributed by atoms with E-state index in [4.69, 9.17) is 24.5 Å². The maximum absolute atomic E-state index is 13.0. The van der Waals surface area contributed by atoms with Gasteiger partial charge in [-0.05, 0) is 52.6 Å². The van der Waals surface area contributed by atoms with Gasteiger partial charge in [-0.3, -0.25) is 4.90 Å². The van der Waals surface area contributed by atoms with E-state index in [9.17, 15) is 20.1 Å². The standard InChI is InChI=1S/C20H32N4O8/c1-18(2,3)32-17(28)24-11(10-29-19(24,4)5)12-7-6-8-20(30-12)16(22-23-21)15(27)14(26)13(9-25)31-20/h6,8,11-16,25-27H,7,9-10H2,1-5H3/t11-,12-,13-,14+,15+,16-,20+/m1/s1. The predicted molar refractivity (Wildman–Crippen MR) is 110 cm³/mol. The fourth-order valence-electron chi connectivity index (χ4n) is 4.30. The number of hydrogen-bond donors (Lipinski definition) is 3. The van der Waals surface area contributed by atoms with Gasteiger partial charge >= 0.3 is 6.09 Å². The van der Waals surface area contributed by atoms with Crippen LogP contribution in [0.4, 0.5) is 4.79 Å². The summed E-state index contributed by atoms with van der Waals surface area (Å²) in [6, 6.07) is -1.90. The van der Waals surface area contributed by atoms with Crippen LogP contribution in [0.2, 0.25) is 0 Å². The van der Waals surface area contributed by atoms with Crippen LogP contribution in [0, 0.1) is 0 Å². The fourth-order valence-corrected chi connectivity index (χ4v) is 4.30. The second-order valence-corrected chi connectivity index (χ2v) is 9.66. The molecule has 0 unspecified atom stereocenters. The number of aliphatic hydroxyl groups excluding tert-OH is 3. The molecular formula is C20H32N4O8. The Labute approximate surface area is 186 Å². The number of aliphatic hydroxyl groups is 3. The molecule has 2 saturated heterocycles. The average molecular weight is 456 g/mol. The summed E-state index contributed by atoms with van der Waals surface area (Å²) in [5, 5.41) is 34.0. The van der Waals surface area contributed by atoms with Gasteiger partial charge in [0.05, 0.1) is 31.5 Å². The molecule has 1 amide bonds. The van der Waals surface area contributed by atoms with Crippen LogP contribution in [-0.4, -0.2) is 93.1 Å². The molecule has 3 aliphatic rings. The lowest BCUT2D eigenvalue weighted by atomic mass is 9.88. The van der Waals surface area contributed by atoms with E-state index in [1.54, 1.807) is 40.7 Å². The third-order valence-corrected chi connectivity index (χ3v) is 5.75. The van der Waals surface area contributed by atoms with Gasteiger partial charge in [0.15, 0.2) is 5.79 Å². The summed E-state index contributed by atoms with van der Waals surface area (Å²) in [6.07, 6.45) is -1.84. The lowest BCUT2D eigenvalue weighted by Gasteiger charge is -2.50. The average Bonchev–Trinajstić information content (AvgIpc) is 3.02. The Bertz CT molecular complexity index is 793. The van der Waals surface area contributed by atoms with Gasteiger partial charge in [0.2, 0.25) is 0 Å². The quantitative estimate of drug-likeness (QED) is 0.246. The summed E-state index contributed by atoms with van der Waals surface area (Å²) < 4.78 is 23.5. The number of carbonyl (C=O) groups excluding carboxylic acids is 1. The fraction of sp³-hybridized carbons (Fsp3) is 0.850. The number of rotatable bonds is 3. The summed E-state index contributed by atoms with van der Waals surface area (Å²) in [5.74, 6) is -1.74. The van der Waals surface area contributed by atoms with Crippen molar-refractivity contribution in [2.24, 2.45) is 5.11 Å². The topological polar surface area (TPSA) is 167 Å². The first-order valence-corrected chi connectivity index (χ1v) is 10.6. The molecule has 0 aliphatic carbocycles. The van der Waals surface area contributed by atoms with Crippen LogP contribution in [0.15, 0.2) is 17.3 Å². The monoisotopic (exact) mass is 456 g/mol. The van der Waals surface area contributed by atoms with Crippen molar-refractivity contribution in [1.82, 2.24) is 4.90 Å². The molecule has 2 fully saturated rings. The van der Waals surface area contributed by atoms with Crippen molar-refractivity contribution in [3.05, 3.63) is 22.6 Å². The zero-order valence-corrected chi connectivity index (χ0v) is 18.9. The molecule has 0 saturated carbocycles. The van der Waals surface area contributed by atoms with Crippen LogP contribution in [-0.2, 0) is 18.9 Å². The molecule has 3 heterocycles. The smallest absolute Gasteiger partial charge is 0.412 e. The van der Waals surface area contributed by atoms with Crippen LogP contribution in [0.25, 0.3) is 10.4 Å². The maximum Gasteiger partial charge on any atom is 0.412 e. The van der Waals surface area contributed by atoms with Crippen molar-refractivity contribution in [3.63, 3.8) is 0 Å². The Balaban J connectivity index is 1.92. The first kappa shape index (κ1) is 24.7. The first-order valence-electron chi connectivity index (χ1n) is 10.6. The molecule has 12 heteroatoms. The molecule has 1 spiro atoms. The number of hydrogen-bond acceptors (Lipinski definition) is 9. The van der Waals surface area contributed by atoms with Gasteiger partial charge in [-0.2, -0.15) is 0 Å². The minimum Gasteiger partial charge on any atom is -0.444 e. The van der Waals surface area contributed by atoms with E-state index in [-0.39, 0.29) is 6.61 Å². The number of nitrogens with zero attached hydrogens (tertiary/aromatic N) is 4. The summed E-state index contributed by atoms with van der Waals surface area (Å²) >= 11 is 0. The Hall–Kier alpha value is -1.92. The van der Waals surface area contributed by atoms with E-state index in [1.165, 1.54) is 11.0 Å². The Morgan fingerprint density at radius 3 is 2.59 bits per heavy atom. The van der Waals surface area contributed by atoms with Crippen molar-refractivity contribution >= 4 is 6.09 Å². The highest BCUT2D eigenvalue weighted by atomic mass is 16.7. The first-order chi connectivity index (χ1) is 14.8. The van der Waals surface area contributed by atoms with E-state index in [0.717, 1.165) is 0 Å². The molecule has 3 N–H and O–H groups in total. The Morgan fingerprint density at radius 2 is 2.00 bits per heavy atom. The predicted octanol–water partition coefficient (Wildman–Crippen LogP) is 1.19. The molecule has 32 heavy (non-hydrogen) atoms. The van der Waals surface area contributed by atoms with Crippen LogP contribution in [0.1, 0.15) is 41.0 Å². The number of carbonyl (C=O) groups is 1. The minimum atomic E-state index is -1.74. The Kier molecular flexibility index (Phi) is 6.79. The summed E-state index contributed by atoms with van der Waals surface area (Å²) in [4.78, 5) is 17.2. The van der Waals surface area contributed by atoms with Crippen molar-refractivity contribution < 1.29 is 39.1 Å².